The monoisotopic (exact) mass is 461 g/mol. The van der Waals surface area contributed by atoms with Crippen LogP contribution in [0.3, 0.4) is 0 Å². The fourth-order valence-electron chi connectivity index (χ4n) is 3.09. The predicted octanol–water partition coefficient (Wildman–Crippen LogP) is 4.64. The van der Waals surface area contributed by atoms with Crippen molar-refractivity contribution in [2.24, 2.45) is 0 Å². The SMILES string of the molecule is CC(C)(C)c1nc(CN2CCCN(S(=O)(=O)c3ccc(Cl)c(Cl)c3)CC2)cs1. The zero-order chi connectivity index (χ0) is 20.5. The van der Waals surface area contributed by atoms with Gasteiger partial charge in [0.25, 0.3) is 0 Å². The molecule has 2 aromatic rings. The van der Waals surface area contributed by atoms with E-state index in [-0.39, 0.29) is 15.3 Å². The molecule has 0 saturated carbocycles. The third-order valence-corrected chi connectivity index (χ3v) is 8.61. The molecule has 1 fully saturated rings. The van der Waals surface area contributed by atoms with Crippen LogP contribution < -0.4 is 0 Å². The van der Waals surface area contributed by atoms with Gasteiger partial charge < -0.3 is 0 Å². The molecule has 0 spiro atoms. The molecule has 0 bridgehead atoms. The second kappa shape index (κ2) is 8.58. The van der Waals surface area contributed by atoms with Crippen molar-refractivity contribution in [3.63, 3.8) is 0 Å². The molecule has 0 aliphatic carbocycles. The van der Waals surface area contributed by atoms with Crippen molar-refractivity contribution >= 4 is 44.6 Å². The van der Waals surface area contributed by atoms with E-state index in [1.807, 2.05) is 0 Å². The van der Waals surface area contributed by atoms with Crippen LogP contribution in [-0.4, -0.2) is 48.8 Å². The quantitative estimate of drug-likeness (QED) is 0.664. The van der Waals surface area contributed by atoms with Gasteiger partial charge >= 0.3 is 0 Å². The molecule has 1 aromatic carbocycles. The highest BCUT2D eigenvalue weighted by Gasteiger charge is 2.28. The summed E-state index contributed by atoms with van der Waals surface area (Å²) in [6.45, 7) is 9.67. The van der Waals surface area contributed by atoms with E-state index in [0.29, 0.717) is 24.7 Å². The molecule has 2 heterocycles. The topological polar surface area (TPSA) is 53.5 Å². The second-order valence-corrected chi connectivity index (χ2v) is 11.6. The largest absolute Gasteiger partial charge is 0.296 e. The zero-order valence-corrected chi connectivity index (χ0v) is 19.4. The van der Waals surface area contributed by atoms with E-state index in [1.54, 1.807) is 11.3 Å². The summed E-state index contributed by atoms with van der Waals surface area (Å²) in [7, 11) is -3.59. The molecule has 9 heteroatoms. The molecule has 1 aliphatic heterocycles. The van der Waals surface area contributed by atoms with Gasteiger partial charge in [-0.1, -0.05) is 44.0 Å². The predicted molar refractivity (Wildman–Crippen MR) is 116 cm³/mol. The molecule has 5 nitrogen and oxygen atoms in total. The Morgan fingerprint density at radius 2 is 1.86 bits per heavy atom. The molecule has 1 aromatic heterocycles. The molecule has 0 radical (unpaired) electrons. The zero-order valence-electron chi connectivity index (χ0n) is 16.3. The number of sulfonamides is 1. The highest BCUT2D eigenvalue weighted by molar-refractivity contribution is 7.89. The van der Waals surface area contributed by atoms with Gasteiger partial charge in [0.1, 0.15) is 0 Å². The highest BCUT2D eigenvalue weighted by Crippen LogP contribution is 2.28. The fraction of sp³-hybridized carbons (Fsp3) is 0.526. The Morgan fingerprint density at radius 3 is 2.50 bits per heavy atom. The minimum Gasteiger partial charge on any atom is -0.296 e. The van der Waals surface area contributed by atoms with Crippen molar-refractivity contribution in [3.8, 4) is 0 Å². The van der Waals surface area contributed by atoms with E-state index >= 15 is 0 Å². The lowest BCUT2D eigenvalue weighted by atomic mass is 9.98. The second-order valence-electron chi connectivity index (χ2n) is 8.00. The number of rotatable bonds is 4. The van der Waals surface area contributed by atoms with Crippen molar-refractivity contribution < 1.29 is 8.42 Å². The molecule has 1 saturated heterocycles. The Balaban J connectivity index is 1.67. The Morgan fingerprint density at radius 1 is 1.11 bits per heavy atom. The van der Waals surface area contributed by atoms with E-state index in [2.05, 4.69) is 31.1 Å². The Bertz CT molecular complexity index is 939. The molecule has 0 unspecified atom stereocenters. The maximum absolute atomic E-state index is 13.0. The summed E-state index contributed by atoms with van der Waals surface area (Å²) in [5, 5.41) is 3.83. The number of aromatic nitrogens is 1. The van der Waals surface area contributed by atoms with Crippen molar-refractivity contribution in [1.82, 2.24) is 14.2 Å². The summed E-state index contributed by atoms with van der Waals surface area (Å²) in [4.78, 5) is 7.21. The maximum Gasteiger partial charge on any atom is 0.243 e. The van der Waals surface area contributed by atoms with Gasteiger partial charge in [0.05, 0.1) is 25.6 Å². The van der Waals surface area contributed by atoms with Gasteiger partial charge in [-0.3, -0.25) is 4.90 Å². The molecule has 1 aliphatic rings. The number of hydrogen-bond donors (Lipinski definition) is 0. The van der Waals surface area contributed by atoms with Crippen molar-refractivity contribution in [1.29, 1.82) is 0 Å². The van der Waals surface area contributed by atoms with Crippen LogP contribution in [0, 0.1) is 0 Å². The Hall–Kier alpha value is -0.700. The summed E-state index contributed by atoms with van der Waals surface area (Å²) in [6, 6.07) is 4.46. The summed E-state index contributed by atoms with van der Waals surface area (Å²) >= 11 is 13.6. The van der Waals surface area contributed by atoms with Gasteiger partial charge in [-0.2, -0.15) is 4.31 Å². The van der Waals surface area contributed by atoms with Gasteiger partial charge in [0.15, 0.2) is 0 Å². The molecule has 0 N–H and O–H groups in total. The van der Waals surface area contributed by atoms with E-state index < -0.39 is 10.0 Å². The average molecular weight is 462 g/mol. The van der Waals surface area contributed by atoms with Crippen LogP contribution in [-0.2, 0) is 22.0 Å². The first-order chi connectivity index (χ1) is 13.1. The highest BCUT2D eigenvalue weighted by atomic mass is 35.5. The van der Waals surface area contributed by atoms with Crippen LogP contribution in [0.15, 0.2) is 28.5 Å². The van der Waals surface area contributed by atoms with E-state index in [0.717, 1.165) is 30.2 Å². The first-order valence-corrected chi connectivity index (χ1v) is 12.3. The summed E-state index contributed by atoms with van der Waals surface area (Å²) in [5.74, 6) is 0. The molecular weight excluding hydrogens is 437 g/mol. The molecule has 154 valence electrons. The lowest BCUT2D eigenvalue weighted by Crippen LogP contribution is -2.35. The van der Waals surface area contributed by atoms with E-state index in [4.69, 9.17) is 28.2 Å². The maximum atomic E-state index is 13.0. The number of hydrogen-bond acceptors (Lipinski definition) is 5. The van der Waals surface area contributed by atoms with Crippen LogP contribution in [0.2, 0.25) is 10.0 Å². The molecule has 0 amide bonds. The number of benzene rings is 1. The van der Waals surface area contributed by atoms with Crippen molar-refractivity contribution in [2.45, 2.75) is 44.0 Å². The number of thiazole rings is 1. The molecular formula is C19H25Cl2N3O2S2. The minimum atomic E-state index is -3.59. The normalized spacial score (nSPS) is 17.6. The summed E-state index contributed by atoms with van der Waals surface area (Å²) in [5.41, 5.74) is 1.10. The lowest BCUT2D eigenvalue weighted by molar-refractivity contribution is 0.275. The Labute approximate surface area is 181 Å². The summed E-state index contributed by atoms with van der Waals surface area (Å²) < 4.78 is 27.5. The number of nitrogens with zero attached hydrogens (tertiary/aromatic N) is 3. The third-order valence-electron chi connectivity index (χ3n) is 4.66. The molecule has 3 rings (SSSR count). The van der Waals surface area contributed by atoms with Crippen LogP contribution in [0.25, 0.3) is 0 Å². The van der Waals surface area contributed by atoms with E-state index in [9.17, 15) is 8.42 Å². The average Bonchev–Trinajstić information content (AvgIpc) is 2.95. The van der Waals surface area contributed by atoms with Crippen LogP contribution >= 0.6 is 34.5 Å². The van der Waals surface area contributed by atoms with Gasteiger partial charge in [-0.05, 0) is 31.2 Å². The van der Waals surface area contributed by atoms with Gasteiger partial charge in [0, 0.05) is 37.0 Å². The molecule has 28 heavy (non-hydrogen) atoms. The fourth-order valence-corrected chi connectivity index (χ4v) is 5.84. The number of halogens is 2. The smallest absolute Gasteiger partial charge is 0.243 e. The van der Waals surface area contributed by atoms with Crippen molar-refractivity contribution in [3.05, 3.63) is 44.3 Å². The third kappa shape index (κ3) is 5.07. The van der Waals surface area contributed by atoms with Gasteiger partial charge in [0.2, 0.25) is 10.0 Å². The van der Waals surface area contributed by atoms with Gasteiger partial charge in [-0.25, -0.2) is 13.4 Å². The van der Waals surface area contributed by atoms with Crippen LogP contribution in [0.1, 0.15) is 37.9 Å². The van der Waals surface area contributed by atoms with Crippen molar-refractivity contribution in [2.75, 3.05) is 26.2 Å². The lowest BCUT2D eigenvalue weighted by Gasteiger charge is -2.21. The first-order valence-electron chi connectivity index (χ1n) is 9.20. The first kappa shape index (κ1) is 22.0. The van der Waals surface area contributed by atoms with Gasteiger partial charge in [-0.15, -0.1) is 11.3 Å². The summed E-state index contributed by atoms with van der Waals surface area (Å²) in [6.07, 6.45) is 0.775. The van der Waals surface area contributed by atoms with Crippen LogP contribution in [0.4, 0.5) is 0 Å². The Kier molecular flexibility index (Phi) is 6.74. The van der Waals surface area contributed by atoms with E-state index in [1.165, 1.54) is 22.5 Å². The minimum absolute atomic E-state index is 0.0481. The van der Waals surface area contributed by atoms with Crippen LogP contribution in [0.5, 0.6) is 0 Å². The molecule has 0 atom stereocenters. The standard InChI is InChI=1S/C19H25Cl2N3O2S2/c1-19(2,3)18-22-14(13-27-18)12-23-7-4-8-24(10-9-23)28(25,26)15-5-6-16(20)17(21)11-15/h5-6,11,13H,4,7-10,12H2,1-3H3.